The minimum Gasteiger partial charge on any atom is -0.234 e. The molecule has 0 heterocycles. The van der Waals surface area contributed by atoms with Gasteiger partial charge in [-0.05, 0) is 12.8 Å². The summed E-state index contributed by atoms with van der Waals surface area (Å²) in [4.78, 5) is 9.34. The Bertz CT molecular complexity index is 183. The normalized spacial score (nSPS) is 11.3. The van der Waals surface area contributed by atoms with Gasteiger partial charge >= 0.3 is 0 Å². The fraction of sp³-hybridized carbons (Fsp3) is 0.200. The number of carbonyl (C=O) groups excluding carboxylic acids is 1. The quantitative estimate of drug-likeness (QED) is 0.434. The molecule has 0 amide bonds. The Kier molecular flexibility index (Phi) is 7.62. The van der Waals surface area contributed by atoms with Gasteiger partial charge in [0.25, 0.3) is 0 Å². The third-order valence-corrected chi connectivity index (χ3v) is 1.02. The molecule has 1 aliphatic rings. The van der Waals surface area contributed by atoms with Crippen LogP contribution in [0.25, 0.3) is 0 Å². The Morgan fingerprint density at radius 3 is 2.27 bits per heavy atom. The molecule has 1 aliphatic carbocycles. The van der Waals surface area contributed by atoms with Gasteiger partial charge in [-0.3, -0.25) is 0 Å². The van der Waals surface area contributed by atoms with E-state index in [1.807, 2.05) is 0 Å². The van der Waals surface area contributed by atoms with Crippen LogP contribution in [0.3, 0.4) is 0 Å². The first kappa shape index (κ1) is 9.67. The lowest BCUT2D eigenvalue weighted by Crippen LogP contribution is -1.51. The van der Waals surface area contributed by atoms with Crippen LogP contribution in [-0.4, -0.2) is 5.94 Å². The maximum absolute atomic E-state index is 9.34. The molecule has 58 valence electrons. The predicted molar refractivity (Wildman–Crippen MR) is 48.0 cm³/mol. The largest absolute Gasteiger partial charge is 0.234 e. The van der Waals surface area contributed by atoms with Gasteiger partial charge in [0, 0.05) is 6.08 Å². The molecule has 0 atom stereocenters. The predicted octanol–water partition coefficient (Wildman–Crippen LogP) is 2.45. The van der Waals surface area contributed by atoms with E-state index in [0.717, 1.165) is 6.42 Å². The van der Waals surface area contributed by atoms with Crippen molar-refractivity contribution in [1.29, 1.82) is 0 Å². The molecule has 0 aromatic heterocycles. The molecule has 0 N–H and O–H groups in total. The summed E-state index contributed by atoms with van der Waals surface area (Å²) < 4.78 is 0. The van der Waals surface area contributed by atoms with E-state index in [9.17, 15) is 4.79 Å². The van der Waals surface area contributed by atoms with Gasteiger partial charge < -0.3 is 0 Å². The van der Waals surface area contributed by atoms with Gasteiger partial charge in [-0.15, -0.1) is 6.58 Å². The molecule has 0 fully saturated rings. The van der Waals surface area contributed by atoms with E-state index >= 15 is 0 Å². The molecular weight excluding hydrogens is 136 g/mol. The van der Waals surface area contributed by atoms with Crippen molar-refractivity contribution in [2.75, 3.05) is 0 Å². The molecule has 0 aliphatic heterocycles. The molecule has 0 bridgehead atoms. The van der Waals surface area contributed by atoms with Crippen LogP contribution < -0.4 is 0 Å². The average Bonchev–Trinajstić information content (AvgIpc) is 2.57. The molecule has 0 spiro atoms. The minimum absolute atomic E-state index is 0.628. The molecule has 1 heteroatoms. The van der Waals surface area contributed by atoms with Crippen LogP contribution in [0.15, 0.2) is 43.0 Å². The Morgan fingerprint density at radius 1 is 1.45 bits per heavy atom. The number of rotatable bonds is 2. The SMILES string of the molecule is C1=CCC=C1.C=CCC=C=O. The van der Waals surface area contributed by atoms with Crippen LogP contribution in [0.1, 0.15) is 12.8 Å². The molecule has 0 radical (unpaired) electrons. The Hall–Kier alpha value is -1.33. The van der Waals surface area contributed by atoms with Crippen LogP contribution in [0.5, 0.6) is 0 Å². The van der Waals surface area contributed by atoms with Gasteiger partial charge in [-0.2, -0.15) is 0 Å². The van der Waals surface area contributed by atoms with Crippen molar-refractivity contribution in [2.24, 2.45) is 0 Å². The zero-order valence-corrected chi connectivity index (χ0v) is 6.49. The van der Waals surface area contributed by atoms with Gasteiger partial charge in [0.15, 0.2) is 0 Å². The molecule has 11 heavy (non-hydrogen) atoms. The topological polar surface area (TPSA) is 17.1 Å². The van der Waals surface area contributed by atoms with Crippen molar-refractivity contribution in [2.45, 2.75) is 12.8 Å². The van der Waals surface area contributed by atoms with E-state index in [-0.39, 0.29) is 0 Å². The van der Waals surface area contributed by atoms with Crippen molar-refractivity contribution in [1.82, 2.24) is 0 Å². The average molecular weight is 148 g/mol. The van der Waals surface area contributed by atoms with E-state index in [1.165, 1.54) is 6.08 Å². The van der Waals surface area contributed by atoms with Crippen LogP contribution in [0.2, 0.25) is 0 Å². The summed E-state index contributed by atoms with van der Waals surface area (Å²) >= 11 is 0. The molecule has 1 nitrogen and oxygen atoms in total. The van der Waals surface area contributed by atoms with Gasteiger partial charge in [-0.1, -0.05) is 30.4 Å². The third kappa shape index (κ3) is 8.67. The summed E-state index contributed by atoms with van der Waals surface area (Å²) in [6, 6.07) is 0. The van der Waals surface area contributed by atoms with E-state index in [1.54, 1.807) is 12.0 Å². The smallest absolute Gasteiger partial charge is 0.120 e. The van der Waals surface area contributed by atoms with Crippen molar-refractivity contribution in [3.8, 4) is 0 Å². The van der Waals surface area contributed by atoms with Crippen molar-refractivity contribution in [3.05, 3.63) is 43.0 Å². The first-order valence-electron chi connectivity index (χ1n) is 3.53. The Labute approximate surface area is 67.4 Å². The highest BCUT2D eigenvalue weighted by molar-refractivity contribution is 5.45. The second kappa shape index (κ2) is 8.67. The van der Waals surface area contributed by atoms with Gasteiger partial charge in [0.05, 0.1) is 0 Å². The maximum Gasteiger partial charge on any atom is 0.120 e. The lowest BCUT2D eigenvalue weighted by Gasteiger charge is -1.62. The summed E-state index contributed by atoms with van der Waals surface area (Å²) in [6.07, 6.45) is 13.2. The summed E-state index contributed by atoms with van der Waals surface area (Å²) in [7, 11) is 0. The second-order valence-electron chi connectivity index (χ2n) is 1.94. The molecule has 0 saturated heterocycles. The summed E-state index contributed by atoms with van der Waals surface area (Å²) in [5.74, 6) is 1.62. The summed E-state index contributed by atoms with van der Waals surface area (Å²) in [5.41, 5.74) is 0. The van der Waals surface area contributed by atoms with Crippen LogP contribution >= 0.6 is 0 Å². The standard InChI is InChI=1S/C5H6O.C5H6/c1-2-3-4-5-6;1-2-4-5-3-1/h2,4H,1,3H2;1-4H,5H2. The molecule has 0 aromatic rings. The van der Waals surface area contributed by atoms with Crippen molar-refractivity contribution >= 4 is 5.94 Å². The number of hydrogen-bond acceptors (Lipinski definition) is 1. The molecule has 0 aromatic carbocycles. The second-order valence-corrected chi connectivity index (χ2v) is 1.94. The van der Waals surface area contributed by atoms with Crippen LogP contribution in [-0.2, 0) is 4.79 Å². The van der Waals surface area contributed by atoms with E-state index < -0.39 is 0 Å². The molecular formula is C10H12O. The molecule has 1 rings (SSSR count). The highest BCUT2D eigenvalue weighted by Gasteiger charge is 1.72. The molecule has 0 saturated carbocycles. The highest BCUT2D eigenvalue weighted by Crippen LogP contribution is 1.93. The first-order chi connectivity index (χ1) is 5.41. The van der Waals surface area contributed by atoms with Gasteiger partial charge in [0.1, 0.15) is 5.94 Å². The van der Waals surface area contributed by atoms with Crippen LogP contribution in [0, 0.1) is 0 Å². The van der Waals surface area contributed by atoms with Gasteiger partial charge in [0.2, 0.25) is 0 Å². The fourth-order valence-corrected chi connectivity index (χ4v) is 0.524. The molecule has 0 unspecified atom stereocenters. The Balaban J connectivity index is 0.000000183. The summed E-state index contributed by atoms with van der Waals surface area (Å²) in [6.45, 7) is 3.39. The van der Waals surface area contributed by atoms with E-state index in [4.69, 9.17) is 0 Å². The lowest BCUT2D eigenvalue weighted by molar-refractivity contribution is 0.568. The van der Waals surface area contributed by atoms with Crippen molar-refractivity contribution < 1.29 is 4.79 Å². The number of hydrogen-bond donors (Lipinski definition) is 0. The van der Waals surface area contributed by atoms with Crippen molar-refractivity contribution in [3.63, 3.8) is 0 Å². The lowest BCUT2D eigenvalue weighted by atomic mass is 10.4. The Morgan fingerprint density at radius 2 is 2.09 bits per heavy atom. The van der Waals surface area contributed by atoms with Crippen LogP contribution in [0.4, 0.5) is 0 Å². The van der Waals surface area contributed by atoms with Gasteiger partial charge in [-0.25, -0.2) is 4.79 Å². The zero-order chi connectivity index (χ0) is 8.36. The minimum atomic E-state index is 0.628. The zero-order valence-electron chi connectivity index (χ0n) is 6.49. The van der Waals surface area contributed by atoms with E-state index in [2.05, 4.69) is 30.9 Å². The van der Waals surface area contributed by atoms with E-state index in [0.29, 0.717) is 6.42 Å². The first-order valence-corrected chi connectivity index (χ1v) is 3.53. The highest BCUT2D eigenvalue weighted by atomic mass is 16.1. The maximum atomic E-state index is 9.34. The number of allylic oxidation sites excluding steroid dienone is 6. The third-order valence-electron chi connectivity index (χ3n) is 1.02. The summed E-state index contributed by atoms with van der Waals surface area (Å²) in [5, 5.41) is 0. The monoisotopic (exact) mass is 148 g/mol. The fourth-order valence-electron chi connectivity index (χ4n) is 0.524.